The van der Waals surface area contributed by atoms with Crippen molar-refractivity contribution in [2.45, 2.75) is 83.5 Å². The van der Waals surface area contributed by atoms with Crippen molar-refractivity contribution in [3.8, 4) is 0 Å². The number of benzene rings is 1. The minimum Gasteiger partial charge on any atom is -0.444 e. The molecule has 1 fully saturated rings. The summed E-state index contributed by atoms with van der Waals surface area (Å²) < 4.78 is 7.61. The molecule has 0 saturated carbocycles. The molecule has 4 rings (SSSR count). The molecule has 2 amide bonds. The number of carbonyl (C=O) groups excluding carboxylic acids is 2. The summed E-state index contributed by atoms with van der Waals surface area (Å²) in [6.07, 6.45) is 6.82. The Labute approximate surface area is 190 Å². The Morgan fingerprint density at radius 3 is 2.66 bits per heavy atom. The average molecular weight is 439 g/mol. The lowest BCUT2D eigenvalue weighted by Gasteiger charge is -2.36. The normalized spacial score (nSPS) is 21.0. The maximum Gasteiger partial charge on any atom is 0.410 e. The van der Waals surface area contributed by atoms with E-state index < -0.39 is 17.7 Å². The van der Waals surface area contributed by atoms with Crippen LogP contribution in [-0.2, 0) is 22.5 Å². The molecule has 2 aromatic rings. The number of nitrogens with one attached hydrogen (secondary N) is 1. The van der Waals surface area contributed by atoms with Crippen LogP contribution in [0.4, 0.5) is 4.79 Å². The van der Waals surface area contributed by atoms with Crippen LogP contribution < -0.4 is 5.32 Å². The third kappa shape index (κ3) is 5.14. The van der Waals surface area contributed by atoms with E-state index >= 15 is 0 Å². The number of piperidine rings is 1. The van der Waals surface area contributed by atoms with Crippen molar-refractivity contribution in [1.82, 2.24) is 20.0 Å². The molecule has 172 valence electrons. The molecule has 0 spiro atoms. The van der Waals surface area contributed by atoms with E-state index in [1.807, 2.05) is 45.2 Å². The molecule has 2 aliphatic rings. The lowest BCUT2D eigenvalue weighted by atomic mass is 9.92. The van der Waals surface area contributed by atoms with E-state index in [-0.39, 0.29) is 11.9 Å². The van der Waals surface area contributed by atoms with Crippen LogP contribution in [0.1, 0.15) is 75.7 Å². The number of nitrogens with zero attached hydrogens (tertiary/aromatic N) is 3. The van der Waals surface area contributed by atoms with Crippen LogP contribution in [0, 0.1) is 0 Å². The van der Waals surface area contributed by atoms with Gasteiger partial charge in [-0.3, -0.25) is 14.4 Å². The van der Waals surface area contributed by atoms with Crippen molar-refractivity contribution < 1.29 is 14.3 Å². The van der Waals surface area contributed by atoms with Gasteiger partial charge in [0.25, 0.3) is 0 Å². The standard InChI is InChI=1S/C25H34N4O3/c1-25(2,3)32-24(31)28-15-8-7-13-22(28)23(30)27-20-12-9-14-21-19(20)16-26-29(21)17-18-10-5-4-6-11-18/h4-6,10-11,16,20,22H,7-9,12-15,17H2,1-3H3,(H,27,30)/t20-,22-/m0/s1. The summed E-state index contributed by atoms with van der Waals surface area (Å²) >= 11 is 0. The molecule has 1 N–H and O–H groups in total. The third-order valence-corrected chi connectivity index (χ3v) is 6.19. The number of hydrogen-bond acceptors (Lipinski definition) is 4. The second-order valence-electron chi connectivity index (χ2n) is 9.83. The van der Waals surface area contributed by atoms with Gasteiger partial charge in [0.2, 0.25) is 5.91 Å². The van der Waals surface area contributed by atoms with Crippen LogP contribution in [0.2, 0.25) is 0 Å². The van der Waals surface area contributed by atoms with Gasteiger partial charge in [0, 0.05) is 17.8 Å². The molecule has 1 aliphatic heterocycles. The molecule has 2 heterocycles. The molecule has 1 aliphatic carbocycles. The molecule has 1 aromatic heterocycles. The molecule has 1 aromatic carbocycles. The largest absolute Gasteiger partial charge is 0.444 e. The van der Waals surface area contributed by atoms with Gasteiger partial charge in [0.05, 0.1) is 18.8 Å². The van der Waals surface area contributed by atoms with Crippen molar-refractivity contribution in [3.63, 3.8) is 0 Å². The minimum absolute atomic E-state index is 0.0711. The number of ether oxygens (including phenoxy) is 1. The third-order valence-electron chi connectivity index (χ3n) is 6.19. The number of amides is 2. The summed E-state index contributed by atoms with van der Waals surface area (Å²) in [6.45, 7) is 6.82. The lowest BCUT2D eigenvalue weighted by Crippen LogP contribution is -2.53. The van der Waals surface area contributed by atoms with Crippen molar-refractivity contribution in [3.05, 3.63) is 53.3 Å². The fourth-order valence-corrected chi connectivity index (χ4v) is 4.67. The zero-order valence-corrected chi connectivity index (χ0v) is 19.3. The highest BCUT2D eigenvalue weighted by Crippen LogP contribution is 2.31. The van der Waals surface area contributed by atoms with Crippen LogP contribution in [0.5, 0.6) is 0 Å². The first-order valence-electron chi connectivity index (χ1n) is 11.7. The molecule has 7 nitrogen and oxygen atoms in total. The van der Waals surface area contributed by atoms with Gasteiger partial charge < -0.3 is 10.1 Å². The van der Waals surface area contributed by atoms with E-state index in [1.165, 1.54) is 11.3 Å². The van der Waals surface area contributed by atoms with E-state index in [9.17, 15) is 9.59 Å². The maximum absolute atomic E-state index is 13.3. The summed E-state index contributed by atoms with van der Waals surface area (Å²) in [4.78, 5) is 27.6. The molecule has 32 heavy (non-hydrogen) atoms. The topological polar surface area (TPSA) is 76.5 Å². The molecule has 0 bridgehead atoms. The Morgan fingerprint density at radius 1 is 1.12 bits per heavy atom. The van der Waals surface area contributed by atoms with E-state index in [2.05, 4.69) is 27.2 Å². The Kier molecular flexibility index (Phi) is 6.53. The molecule has 2 atom stereocenters. The van der Waals surface area contributed by atoms with E-state index in [0.717, 1.165) is 44.2 Å². The summed E-state index contributed by atoms with van der Waals surface area (Å²) in [5.41, 5.74) is 2.92. The number of likely N-dealkylation sites (tertiary alicyclic amines) is 1. The van der Waals surface area contributed by atoms with Gasteiger partial charge in [0.1, 0.15) is 11.6 Å². The molecule has 0 unspecified atom stereocenters. The quantitative estimate of drug-likeness (QED) is 0.776. The SMILES string of the molecule is CC(C)(C)OC(=O)N1CCCC[C@H]1C(=O)N[C@H]1CCCc2c1cnn2Cc1ccccc1. The van der Waals surface area contributed by atoms with E-state index in [1.54, 1.807) is 4.90 Å². The molecule has 1 saturated heterocycles. The number of fused-ring (bicyclic) bond motifs is 1. The van der Waals surface area contributed by atoms with Gasteiger partial charge in [-0.25, -0.2) is 4.79 Å². The molecule has 7 heteroatoms. The van der Waals surface area contributed by atoms with Crippen molar-refractivity contribution in [2.75, 3.05) is 6.54 Å². The Morgan fingerprint density at radius 2 is 1.91 bits per heavy atom. The van der Waals surface area contributed by atoms with E-state index in [0.29, 0.717) is 13.0 Å². The first-order chi connectivity index (χ1) is 15.3. The Bertz CT molecular complexity index is 948. The van der Waals surface area contributed by atoms with Crippen molar-refractivity contribution >= 4 is 12.0 Å². The highest BCUT2D eigenvalue weighted by Gasteiger charge is 2.36. The van der Waals surface area contributed by atoms with Crippen LogP contribution in [-0.4, -0.2) is 44.9 Å². The second kappa shape index (κ2) is 9.35. The van der Waals surface area contributed by atoms with Gasteiger partial charge >= 0.3 is 6.09 Å². The number of aromatic nitrogens is 2. The number of hydrogen-bond donors (Lipinski definition) is 1. The second-order valence-corrected chi connectivity index (χ2v) is 9.83. The van der Waals surface area contributed by atoms with Gasteiger partial charge in [-0.15, -0.1) is 0 Å². The number of carbonyl (C=O) groups is 2. The van der Waals surface area contributed by atoms with Gasteiger partial charge in [-0.2, -0.15) is 5.10 Å². The van der Waals surface area contributed by atoms with Crippen LogP contribution >= 0.6 is 0 Å². The first-order valence-corrected chi connectivity index (χ1v) is 11.7. The highest BCUT2D eigenvalue weighted by molar-refractivity contribution is 5.86. The fourth-order valence-electron chi connectivity index (χ4n) is 4.67. The van der Waals surface area contributed by atoms with Crippen LogP contribution in [0.15, 0.2) is 36.5 Å². The maximum atomic E-state index is 13.3. The Hall–Kier alpha value is -2.83. The van der Waals surface area contributed by atoms with Crippen LogP contribution in [0.25, 0.3) is 0 Å². The Balaban J connectivity index is 1.46. The fraction of sp³-hybridized carbons (Fsp3) is 0.560. The summed E-state index contributed by atoms with van der Waals surface area (Å²) in [7, 11) is 0. The van der Waals surface area contributed by atoms with Crippen LogP contribution in [0.3, 0.4) is 0 Å². The molecular weight excluding hydrogens is 404 g/mol. The highest BCUT2D eigenvalue weighted by atomic mass is 16.6. The van der Waals surface area contributed by atoms with E-state index in [4.69, 9.17) is 4.74 Å². The van der Waals surface area contributed by atoms with Gasteiger partial charge in [0.15, 0.2) is 0 Å². The predicted octanol–water partition coefficient (Wildman–Crippen LogP) is 4.21. The zero-order valence-electron chi connectivity index (χ0n) is 19.3. The summed E-state index contributed by atoms with van der Waals surface area (Å²) in [5.74, 6) is -0.0933. The van der Waals surface area contributed by atoms with Crippen molar-refractivity contribution in [2.24, 2.45) is 0 Å². The summed E-state index contributed by atoms with van der Waals surface area (Å²) in [5, 5.41) is 7.86. The smallest absolute Gasteiger partial charge is 0.410 e. The lowest BCUT2D eigenvalue weighted by molar-refractivity contribution is -0.128. The van der Waals surface area contributed by atoms with Gasteiger partial charge in [-0.1, -0.05) is 30.3 Å². The monoisotopic (exact) mass is 438 g/mol. The molecular formula is C25H34N4O3. The minimum atomic E-state index is -0.582. The summed E-state index contributed by atoms with van der Waals surface area (Å²) in [6, 6.07) is 9.74. The average Bonchev–Trinajstić information content (AvgIpc) is 3.17. The number of rotatable bonds is 4. The van der Waals surface area contributed by atoms with Crippen molar-refractivity contribution in [1.29, 1.82) is 0 Å². The predicted molar refractivity (Wildman–Crippen MR) is 122 cm³/mol. The molecule has 0 radical (unpaired) electrons. The van der Waals surface area contributed by atoms with Gasteiger partial charge in [-0.05, 0) is 64.9 Å². The zero-order chi connectivity index (χ0) is 22.7. The first kappa shape index (κ1) is 22.4.